The van der Waals surface area contributed by atoms with Crippen LogP contribution in [0.4, 0.5) is 0 Å². The van der Waals surface area contributed by atoms with Crippen LogP contribution in [0.2, 0.25) is 0 Å². The quantitative estimate of drug-likeness (QED) is 0.834. The fraction of sp³-hybridized carbons (Fsp3) is 0.333. The molecule has 2 heterocycles. The van der Waals surface area contributed by atoms with E-state index in [1.54, 1.807) is 12.1 Å². The molecule has 2 nitrogen and oxygen atoms in total. The van der Waals surface area contributed by atoms with Crippen molar-refractivity contribution in [2.45, 2.75) is 24.8 Å². The molecule has 0 bridgehead atoms. The standard InChI is InChI=1S/C18H19NO.BrH/c20-14-9-7-13(8-10-14)17-12-19-11-3-6-18(19)16-5-2-1-4-15(16)17;/h1-2,4-5,7-10,17-18,20H,3,6,11-12H2;1H/t17-,18+;/m0./s1. The molecule has 0 spiro atoms. The van der Waals surface area contributed by atoms with Gasteiger partial charge in [0.1, 0.15) is 5.75 Å². The van der Waals surface area contributed by atoms with Gasteiger partial charge in [-0.25, -0.2) is 0 Å². The third-order valence-electron chi connectivity index (χ3n) is 4.81. The Kier molecular flexibility index (Phi) is 4.05. The summed E-state index contributed by atoms with van der Waals surface area (Å²) in [7, 11) is 0. The topological polar surface area (TPSA) is 23.5 Å². The Balaban J connectivity index is 0.00000132. The summed E-state index contributed by atoms with van der Waals surface area (Å²) >= 11 is 0. The monoisotopic (exact) mass is 345 g/mol. The number of hydrogen-bond acceptors (Lipinski definition) is 2. The zero-order valence-electron chi connectivity index (χ0n) is 11.9. The third kappa shape index (κ3) is 2.49. The molecule has 4 rings (SSSR count). The summed E-state index contributed by atoms with van der Waals surface area (Å²) in [6, 6.07) is 17.2. The molecule has 1 saturated heterocycles. The van der Waals surface area contributed by atoms with Crippen molar-refractivity contribution in [3.63, 3.8) is 0 Å². The lowest BCUT2D eigenvalue weighted by Crippen LogP contribution is -2.34. The second-order valence-electron chi connectivity index (χ2n) is 5.93. The first-order chi connectivity index (χ1) is 9.83. The molecule has 0 aromatic heterocycles. The second kappa shape index (κ2) is 5.82. The zero-order chi connectivity index (χ0) is 13.5. The molecule has 0 radical (unpaired) electrons. The van der Waals surface area contributed by atoms with Gasteiger partial charge in [0.05, 0.1) is 0 Å². The maximum absolute atomic E-state index is 9.49. The van der Waals surface area contributed by atoms with E-state index < -0.39 is 0 Å². The lowest BCUT2D eigenvalue weighted by atomic mass is 9.82. The van der Waals surface area contributed by atoms with Crippen LogP contribution in [0.3, 0.4) is 0 Å². The van der Waals surface area contributed by atoms with E-state index in [4.69, 9.17) is 0 Å². The summed E-state index contributed by atoms with van der Waals surface area (Å²) < 4.78 is 0. The highest BCUT2D eigenvalue weighted by Crippen LogP contribution is 2.44. The Morgan fingerprint density at radius 1 is 0.952 bits per heavy atom. The molecule has 21 heavy (non-hydrogen) atoms. The number of hydrogen-bond donors (Lipinski definition) is 1. The Bertz CT molecular complexity index is 625. The van der Waals surface area contributed by atoms with Crippen LogP contribution in [0.15, 0.2) is 48.5 Å². The third-order valence-corrected chi connectivity index (χ3v) is 4.81. The fourth-order valence-corrected chi connectivity index (χ4v) is 3.85. The number of fused-ring (bicyclic) bond motifs is 3. The number of nitrogens with zero attached hydrogens (tertiary/aromatic N) is 1. The van der Waals surface area contributed by atoms with Gasteiger partial charge in [-0.1, -0.05) is 36.4 Å². The van der Waals surface area contributed by atoms with Gasteiger partial charge in [0.2, 0.25) is 0 Å². The van der Waals surface area contributed by atoms with Crippen LogP contribution in [-0.2, 0) is 0 Å². The van der Waals surface area contributed by atoms with Crippen molar-refractivity contribution in [3.8, 4) is 5.75 Å². The Hall–Kier alpha value is -1.32. The van der Waals surface area contributed by atoms with E-state index in [9.17, 15) is 5.11 Å². The van der Waals surface area contributed by atoms with Crippen molar-refractivity contribution in [1.82, 2.24) is 4.90 Å². The van der Waals surface area contributed by atoms with Crippen molar-refractivity contribution in [2.24, 2.45) is 0 Å². The van der Waals surface area contributed by atoms with Gasteiger partial charge in [0.25, 0.3) is 0 Å². The highest BCUT2D eigenvalue weighted by molar-refractivity contribution is 8.93. The van der Waals surface area contributed by atoms with E-state index in [0.29, 0.717) is 17.7 Å². The maximum Gasteiger partial charge on any atom is 0.115 e. The Morgan fingerprint density at radius 3 is 2.43 bits per heavy atom. The molecule has 0 unspecified atom stereocenters. The van der Waals surface area contributed by atoms with E-state index in [0.717, 1.165) is 6.54 Å². The first kappa shape index (κ1) is 14.6. The average molecular weight is 346 g/mol. The van der Waals surface area contributed by atoms with Crippen LogP contribution in [0.25, 0.3) is 0 Å². The van der Waals surface area contributed by atoms with Crippen molar-refractivity contribution in [3.05, 3.63) is 65.2 Å². The number of phenols is 1. The zero-order valence-corrected chi connectivity index (χ0v) is 13.6. The molecule has 0 aliphatic carbocycles. The predicted molar refractivity (Wildman–Crippen MR) is 90.3 cm³/mol. The van der Waals surface area contributed by atoms with Gasteiger partial charge in [-0.05, 0) is 48.2 Å². The summed E-state index contributed by atoms with van der Waals surface area (Å²) in [6.45, 7) is 2.32. The van der Waals surface area contributed by atoms with Crippen molar-refractivity contribution in [2.75, 3.05) is 13.1 Å². The minimum absolute atomic E-state index is 0. The van der Waals surface area contributed by atoms with Gasteiger partial charge in [-0.2, -0.15) is 0 Å². The van der Waals surface area contributed by atoms with E-state index in [-0.39, 0.29) is 17.0 Å². The molecule has 0 saturated carbocycles. The van der Waals surface area contributed by atoms with E-state index in [2.05, 4.69) is 41.3 Å². The highest BCUT2D eigenvalue weighted by atomic mass is 79.9. The van der Waals surface area contributed by atoms with Gasteiger partial charge >= 0.3 is 0 Å². The van der Waals surface area contributed by atoms with Crippen LogP contribution in [0, 0.1) is 0 Å². The molecular weight excluding hydrogens is 326 g/mol. The number of halogens is 1. The van der Waals surface area contributed by atoms with E-state index >= 15 is 0 Å². The molecule has 0 amide bonds. The maximum atomic E-state index is 9.49. The number of benzene rings is 2. The lowest BCUT2D eigenvalue weighted by Gasteiger charge is -2.37. The molecular formula is C18H20BrNO. The molecule has 1 N–H and O–H groups in total. The normalized spacial score (nSPS) is 24.0. The average Bonchev–Trinajstić information content (AvgIpc) is 2.96. The van der Waals surface area contributed by atoms with Gasteiger partial charge in [-0.15, -0.1) is 17.0 Å². The summed E-state index contributed by atoms with van der Waals surface area (Å²) in [5.74, 6) is 0.776. The highest BCUT2D eigenvalue weighted by Gasteiger charge is 2.35. The summed E-state index contributed by atoms with van der Waals surface area (Å²) in [4.78, 5) is 2.62. The summed E-state index contributed by atoms with van der Waals surface area (Å²) in [5, 5.41) is 9.49. The minimum atomic E-state index is 0. The molecule has 3 heteroatoms. The number of rotatable bonds is 1. The van der Waals surface area contributed by atoms with Crippen molar-refractivity contribution in [1.29, 1.82) is 0 Å². The van der Waals surface area contributed by atoms with Crippen LogP contribution in [-0.4, -0.2) is 23.1 Å². The van der Waals surface area contributed by atoms with Crippen molar-refractivity contribution >= 4 is 17.0 Å². The smallest absolute Gasteiger partial charge is 0.115 e. The largest absolute Gasteiger partial charge is 0.508 e. The van der Waals surface area contributed by atoms with Crippen LogP contribution >= 0.6 is 17.0 Å². The van der Waals surface area contributed by atoms with E-state index in [1.165, 1.54) is 36.1 Å². The van der Waals surface area contributed by atoms with Gasteiger partial charge in [0, 0.05) is 18.5 Å². The minimum Gasteiger partial charge on any atom is -0.508 e. The first-order valence-corrected chi connectivity index (χ1v) is 7.45. The molecule has 1 fully saturated rings. The Morgan fingerprint density at radius 2 is 1.67 bits per heavy atom. The van der Waals surface area contributed by atoms with Crippen LogP contribution in [0.5, 0.6) is 5.75 Å². The number of phenolic OH excluding ortho intramolecular Hbond substituents is 1. The molecule has 110 valence electrons. The molecule has 2 atom stereocenters. The Labute approximate surface area is 136 Å². The van der Waals surface area contributed by atoms with Gasteiger partial charge in [-0.3, -0.25) is 4.90 Å². The van der Waals surface area contributed by atoms with Gasteiger partial charge < -0.3 is 5.11 Å². The van der Waals surface area contributed by atoms with Crippen LogP contribution < -0.4 is 0 Å². The summed E-state index contributed by atoms with van der Waals surface area (Å²) in [5.41, 5.74) is 4.29. The van der Waals surface area contributed by atoms with Gasteiger partial charge in [0.15, 0.2) is 0 Å². The van der Waals surface area contributed by atoms with E-state index in [1.807, 2.05) is 0 Å². The lowest BCUT2D eigenvalue weighted by molar-refractivity contribution is 0.230. The fourth-order valence-electron chi connectivity index (χ4n) is 3.85. The number of aromatic hydroxyl groups is 1. The van der Waals surface area contributed by atoms with Crippen LogP contribution in [0.1, 0.15) is 41.5 Å². The van der Waals surface area contributed by atoms with Crippen molar-refractivity contribution < 1.29 is 5.11 Å². The predicted octanol–water partition coefficient (Wildman–Crippen LogP) is 4.25. The molecule has 2 aromatic rings. The first-order valence-electron chi connectivity index (χ1n) is 7.45. The summed E-state index contributed by atoms with van der Waals surface area (Å²) in [6.07, 6.45) is 2.60. The molecule has 2 aliphatic heterocycles. The second-order valence-corrected chi connectivity index (χ2v) is 5.93. The SMILES string of the molecule is Br.Oc1ccc([C@@H]2CN3CCC[C@@H]3c3ccccc32)cc1. The molecule has 2 aromatic carbocycles. The molecule has 2 aliphatic rings.